The molecule has 4 aromatic carbocycles. The Morgan fingerprint density at radius 2 is 1.26 bits per heavy atom. The van der Waals surface area contributed by atoms with Crippen LogP contribution in [0.15, 0.2) is 107 Å². The van der Waals surface area contributed by atoms with Gasteiger partial charge in [0.25, 0.3) is 5.69 Å². The second-order valence-electron chi connectivity index (χ2n) is 9.19. The largest absolute Gasteiger partial charge is 0.508 e. The molecule has 2 heterocycles. The van der Waals surface area contributed by atoms with Gasteiger partial charge in [0.05, 0.1) is 27.4 Å². The van der Waals surface area contributed by atoms with Crippen molar-refractivity contribution in [2.75, 3.05) is 18.5 Å². The summed E-state index contributed by atoms with van der Waals surface area (Å²) in [7, 11) is 0. The molecular weight excluding hydrogens is 496 g/mol. The van der Waals surface area contributed by atoms with E-state index in [0.717, 1.165) is 11.1 Å². The van der Waals surface area contributed by atoms with Gasteiger partial charge in [-0.05, 0) is 35.4 Å². The van der Waals surface area contributed by atoms with E-state index in [4.69, 9.17) is 19.5 Å². The first-order valence-corrected chi connectivity index (χ1v) is 12.5. The van der Waals surface area contributed by atoms with Gasteiger partial charge in [0.2, 0.25) is 11.8 Å². The molecule has 9 heteroatoms. The predicted molar refractivity (Wildman–Crippen MR) is 148 cm³/mol. The van der Waals surface area contributed by atoms with Crippen molar-refractivity contribution in [3.63, 3.8) is 0 Å². The summed E-state index contributed by atoms with van der Waals surface area (Å²) in [5.74, 6) is 0.765. The van der Waals surface area contributed by atoms with Gasteiger partial charge >= 0.3 is 0 Å². The summed E-state index contributed by atoms with van der Waals surface area (Å²) in [6, 6.07) is 28.6. The van der Waals surface area contributed by atoms with Crippen LogP contribution in [0.25, 0.3) is 0 Å². The summed E-state index contributed by atoms with van der Waals surface area (Å²) in [5, 5.41) is 25.2. The number of non-ortho nitro benzene ring substituents is 1. The van der Waals surface area contributed by atoms with E-state index < -0.39 is 4.92 Å². The number of aliphatic imine (C=N–C) groups is 2. The number of benzene rings is 4. The van der Waals surface area contributed by atoms with E-state index >= 15 is 0 Å². The van der Waals surface area contributed by atoms with Crippen molar-refractivity contribution in [3.05, 3.63) is 129 Å². The van der Waals surface area contributed by atoms with Gasteiger partial charge in [0, 0.05) is 12.1 Å². The summed E-state index contributed by atoms with van der Waals surface area (Å²) in [5.41, 5.74) is 4.13. The van der Waals surface area contributed by atoms with E-state index in [1.54, 1.807) is 24.3 Å². The molecule has 0 saturated carbocycles. The average Bonchev–Trinajstić information content (AvgIpc) is 3.66. The Hall–Kier alpha value is -5.18. The van der Waals surface area contributed by atoms with E-state index in [0.29, 0.717) is 47.5 Å². The standard InChI is InChI=1S/C30H24N4O5/c35-22-12-14-26(24(16-22)30-33-28(18-39-30)20-9-5-2-6-10-20)31-25-13-11-21(34(36)37)15-23(25)29-32-27(17-38-29)19-7-3-1-4-8-19/h1-16,27-28,31,35H,17-18H2/t27-,28-/m0/s1. The SMILES string of the molecule is O=[N+]([O-])c1ccc(Nc2ccc(O)cc2C2=N[C@H](c3ccccc3)CO2)c(C2=N[C@H](c3ccccc3)CO2)c1. The first-order valence-electron chi connectivity index (χ1n) is 12.5. The van der Waals surface area contributed by atoms with Crippen molar-refractivity contribution in [2.45, 2.75) is 12.1 Å². The normalized spacial score (nSPS) is 18.1. The maximum atomic E-state index is 11.6. The predicted octanol–water partition coefficient (Wildman–Crippen LogP) is 6.08. The molecule has 194 valence electrons. The molecule has 0 radical (unpaired) electrons. The first-order chi connectivity index (χ1) is 19.0. The maximum absolute atomic E-state index is 11.6. The van der Waals surface area contributed by atoms with Crippen LogP contribution >= 0.6 is 0 Å². The molecule has 0 saturated heterocycles. The number of phenols is 1. The van der Waals surface area contributed by atoms with Gasteiger partial charge in [-0.1, -0.05) is 60.7 Å². The fourth-order valence-corrected chi connectivity index (χ4v) is 4.63. The Morgan fingerprint density at radius 1 is 0.744 bits per heavy atom. The third-order valence-corrected chi connectivity index (χ3v) is 6.62. The molecule has 2 aliphatic rings. The average molecular weight is 521 g/mol. The molecule has 0 bridgehead atoms. The molecule has 4 aromatic rings. The number of hydrogen-bond donors (Lipinski definition) is 2. The molecule has 6 rings (SSSR count). The fourth-order valence-electron chi connectivity index (χ4n) is 4.63. The molecule has 0 aromatic heterocycles. The molecule has 0 amide bonds. The minimum atomic E-state index is -0.450. The molecule has 39 heavy (non-hydrogen) atoms. The lowest BCUT2D eigenvalue weighted by molar-refractivity contribution is -0.384. The van der Waals surface area contributed by atoms with Crippen molar-refractivity contribution in [1.82, 2.24) is 0 Å². The van der Waals surface area contributed by atoms with Crippen LogP contribution in [0.3, 0.4) is 0 Å². The summed E-state index contributed by atoms with van der Waals surface area (Å²) < 4.78 is 11.9. The first kappa shape index (κ1) is 24.2. The number of ether oxygens (including phenoxy) is 2. The topological polar surface area (TPSA) is 119 Å². The maximum Gasteiger partial charge on any atom is 0.270 e. The number of nitro groups is 1. The highest BCUT2D eigenvalue weighted by atomic mass is 16.6. The van der Waals surface area contributed by atoms with E-state index in [-0.39, 0.29) is 23.5 Å². The minimum absolute atomic E-state index is 0.0585. The van der Waals surface area contributed by atoms with E-state index in [9.17, 15) is 15.2 Å². The van der Waals surface area contributed by atoms with Crippen LogP contribution in [0.2, 0.25) is 0 Å². The van der Waals surface area contributed by atoms with Crippen molar-refractivity contribution < 1.29 is 19.5 Å². The van der Waals surface area contributed by atoms with Gasteiger partial charge in [-0.25, -0.2) is 9.98 Å². The van der Waals surface area contributed by atoms with Crippen molar-refractivity contribution in [1.29, 1.82) is 0 Å². The Morgan fingerprint density at radius 3 is 1.79 bits per heavy atom. The molecule has 9 nitrogen and oxygen atoms in total. The highest BCUT2D eigenvalue weighted by Gasteiger charge is 2.27. The van der Waals surface area contributed by atoms with E-state index in [1.807, 2.05) is 60.7 Å². The van der Waals surface area contributed by atoms with Crippen molar-refractivity contribution >= 4 is 28.9 Å². The molecule has 2 N–H and O–H groups in total. The summed E-state index contributed by atoms with van der Waals surface area (Å²) in [4.78, 5) is 20.6. The monoisotopic (exact) mass is 520 g/mol. The zero-order chi connectivity index (χ0) is 26.8. The fraction of sp³-hybridized carbons (Fsp3) is 0.133. The number of phenolic OH excluding ortho intramolecular Hbond substituents is 1. The van der Waals surface area contributed by atoms with Crippen LogP contribution in [-0.2, 0) is 9.47 Å². The summed E-state index contributed by atoms with van der Waals surface area (Å²) in [6.07, 6.45) is 0. The van der Waals surface area contributed by atoms with Crippen molar-refractivity contribution in [3.8, 4) is 5.75 Å². The highest BCUT2D eigenvalue weighted by Crippen LogP contribution is 2.35. The minimum Gasteiger partial charge on any atom is -0.508 e. The van der Waals surface area contributed by atoms with E-state index in [2.05, 4.69) is 5.32 Å². The lowest BCUT2D eigenvalue weighted by Gasteiger charge is -2.15. The van der Waals surface area contributed by atoms with Gasteiger partial charge in [0.1, 0.15) is 31.0 Å². The quantitative estimate of drug-likeness (QED) is 0.173. The third kappa shape index (κ3) is 5.02. The van der Waals surface area contributed by atoms with Gasteiger partial charge in [0.15, 0.2) is 0 Å². The lowest BCUT2D eigenvalue weighted by atomic mass is 10.1. The number of hydrogen-bond acceptors (Lipinski definition) is 8. The summed E-state index contributed by atoms with van der Waals surface area (Å²) >= 11 is 0. The number of aromatic hydroxyl groups is 1. The summed E-state index contributed by atoms with van der Waals surface area (Å²) in [6.45, 7) is 0.709. The Labute approximate surface area is 224 Å². The van der Waals surface area contributed by atoms with E-state index in [1.165, 1.54) is 12.1 Å². The van der Waals surface area contributed by atoms with Crippen LogP contribution in [-0.4, -0.2) is 35.0 Å². The highest BCUT2D eigenvalue weighted by molar-refractivity contribution is 6.04. The molecule has 0 fully saturated rings. The van der Waals surface area contributed by atoms with Gasteiger partial charge in [-0.15, -0.1) is 0 Å². The molecular formula is C30H24N4O5. The van der Waals surface area contributed by atoms with Crippen LogP contribution in [0, 0.1) is 10.1 Å². The van der Waals surface area contributed by atoms with Gasteiger partial charge in [-0.2, -0.15) is 0 Å². The third-order valence-electron chi connectivity index (χ3n) is 6.62. The molecule has 0 spiro atoms. The molecule has 0 unspecified atom stereocenters. The zero-order valence-corrected chi connectivity index (χ0v) is 20.7. The number of rotatable bonds is 7. The molecule has 0 aliphatic carbocycles. The number of anilines is 2. The van der Waals surface area contributed by atoms with Crippen molar-refractivity contribution in [2.24, 2.45) is 9.98 Å². The van der Waals surface area contributed by atoms with Crippen LogP contribution in [0.1, 0.15) is 34.3 Å². The lowest BCUT2D eigenvalue weighted by Crippen LogP contribution is -2.09. The number of nitro benzene ring substituents is 1. The van der Waals surface area contributed by atoms with Gasteiger partial charge < -0.3 is 19.9 Å². The zero-order valence-electron chi connectivity index (χ0n) is 20.7. The number of nitrogens with one attached hydrogen (secondary N) is 1. The van der Waals surface area contributed by atoms with Crippen LogP contribution in [0.5, 0.6) is 5.75 Å². The van der Waals surface area contributed by atoms with Crippen LogP contribution < -0.4 is 5.32 Å². The second-order valence-corrected chi connectivity index (χ2v) is 9.19. The Kier molecular flexibility index (Phi) is 6.38. The Bertz CT molecular complexity index is 1590. The van der Waals surface area contributed by atoms with Gasteiger partial charge in [-0.3, -0.25) is 10.1 Å². The molecule has 2 atom stereocenters. The molecule has 2 aliphatic heterocycles. The Balaban J connectivity index is 1.36. The van der Waals surface area contributed by atoms with Crippen LogP contribution in [0.4, 0.5) is 17.1 Å². The second kappa shape index (κ2) is 10.3. The smallest absolute Gasteiger partial charge is 0.270 e. The number of nitrogens with zero attached hydrogens (tertiary/aromatic N) is 3.